The zero-order chi connectivity index (χ0) is 25.4. The van der Waals surface area contributed by atoms with Crippen LogP contribution in [0.5, 0.6) is 0 Å². The van der Waals surface area contributed by atoms with E-state index in [0.29, 0.717) is 5.03 Å². The summed E-state index contributed by atoms with van der Waals surface area (Å²) in [5.41, 5.74) is 4.97. The van der Waals surface area contributed by atoms with Gasteiger partial charge in [-0.25, -0.2) is 4.39 Å². The van der Waals surface area contributed by atoms with Gasteiger partial charge in [0.25, 0.3) is 0 Å². The third-order valence-electron chi connectivity index (χ3n) is 5.32. The van der Waals surface area contributed by atoms with Gasteiger partial charge in [0, 0.05) is 33.5 Å². The van der Waals surface area contributed by atoms with E-state index < -0.39 is 5.97 Å². The molecule has 7 heteroatoms. The Bertz CT molecular complexity index is 1210. The van der Waals surface area contributed by atoms with Gasteiger partial charge in [-0.1, -0.05) is 62.5 Å². The first-order chi connectivity index (χ1) is 16.3. The molecule has 3 nitrogen and oxygen atoms in total. The Morgan fingerprint density at radius 1 is 1.35 bits per heavy atom. The number of aliphatic carboxylic acids is 1. The molecule has 0 fully saturated rings. The van der Waals surface area contributed by atoms with Crippen LogP contribution in [-0.2, 0) is 11.3 Å². The first kappa shape index (κ1) is 28.0. The number of aromatic nitrogens is 1. The molecule has 182 valence electrons. The van der Waals surface area contributed by atoms with Crippen molar-refractivity contribution in [2.45, 2.75) is 57.9 Å². The van der Waals surface area contributed by atoms with Crippen LogP contribution in [0.25, 0.3) is 22.0 Å². The number of allylic oxidation sites excluding steroid dienone is 3. The van der Waals surface area contributed by atoms with Gasteiger partial charge in [0.2, 0.25) is 0 Å². The third kappa shape index (κ3) is 6.23. The number of carbonyl (C=O) groups is 1. The lowest BCUT2D eigenvalue weighted by Crippen LogP contribution is -2.04. The molecule has 1 aliphatic heterocycles. The monoisotopic (exact) mass is 519 g/mol. The summed E-state index contributed by atoms with van der Waals surface area (Å²) in [6, 6.07) is 3.20. The van der Waals surface area contributed by atoms with Crippen LogP contribution >= 0.6 is 34.7 Å². The molecular weight excluding hydrogens is 489 g/mol. The lowest BCUT2D eigenvalue weighted by molar-refractivity contribution is -0.137. The number of fused-ring (bicyclic) bond motifs is 3. The van der Waals surface area contributed by atoms with Crippen LogP contribution in [0.3, 0.4) is 0 Å². The fraction of sp³-hybridized carbons (Fsp3) is 0.296. The Morgan fingerprint density at radius 2 is 2.03 bits per heavy atom. The molecule has 2 aromatic heterocycles. The van der Waals surface area contributed by atoms with Crippen molar-refractivity contribution in [1.82, 2.24) is 4.57 Å². The molecule has 0 amide bonds. The predicted octanol–water partition coefficient (Wildman–Crippen LogP) is 9.36. The molecule has 0 aliphatic carbocycles. The van der Waals surface area contributed by atoms with E-state index in [1.807, 2.05) is 39.2 Å². The van der Waals surface area contributed by atoms with Crippen LogP contribution in [0.1, 0.15) is 50.8 Å². The molecule has 34 heavy (non-hydrogen) atoms. The zero-order valence-electron chi connectivity index (χ0n) is 20.0. The minimum absolute atomic E-state index is 0.0397. The maximum atomic E-state index is 14.5. The first-order valence-corrected chi connectivity index (χ1v) is 13.3. The van der Waals surface area contributed by atoms with Crippen LogP contribution in [-0.4, -0.2) is 15.6 Å². The van der Waals surface area contributed by atoms with Gasteiger partial charge >= 0.3 is 5.97 Å². The van der Waals surface area contributed by atoms with Gasteiger partial charge in [-0.3, -0.25) is 4.79 Å². The molecular formula is C27H31ClFNO2S2. The number of thiophene rings is 1. The third-order valence-corrected chi connectivity index (χ3v) is 7.39. The summed E-state index contributed by atoms with van der Waals surface area (Å²) >= 11 is 8.36. The zero-order valence-corrected chi connectivity index (χ0v) is 22.4. The summed E-state index contributed by atoms with van der Waals surface area (Å²) in [4.78, 5) is 12.4. The number of aryl methyl sites for hydroxylation is 2. The van der Waals surface area contributed by atoms with Gasteiger partial charge in [0.05, 0.1) is 11.9 Å². The SMILES string of the molecule is C/C=C/Sc1c2n(c3cc(F)cc(-c4cscc4C)c13)CCC2CC(=O)O.C=CC(=C)Cl.CC. The number of carboxylic acid groups (broad SMARTS) is 1. The number of halogens is 2. The highest BCUT2D eigenvalue weighted by Crippen LogP contribution is 2.48. The molecule has 1 unspecified atom stereocenters. The molecule has 0 saturated heterocycles. The van der Waals surface area contributed by atoms with Crippen molar-refractivity contribution in [3.63, 3.8) is 0 Å². The molecule has 3 aromatic rings. The van der Waals surface area contributed by atoms with E-state index >= 15 is 0 Å². The highest BCUT2D eigenvalue weighted by atomic mass is 35.5. The van der Waals surface area contributed by atoms with E-state index in [4.69, 9.17) is 11.6 Å². The summed E-state index contributed by atoms with van der Waals surface area (Å²) in [6.45, 7) is 15.4. The van der Waals surface area contributed by atoms with Gasteiger partial charge < -0.3 is 9.67 Å². The molecule has 1 atom stereocenters. The molecule has 1 aliphatic rings. The number of nitrogens with zero attached hydrogens (tertiary/aromatic N) is 1. The highest BCUT2D eigenvalue weighted by molar-refractivity contribution is 8.02. The lowest BCUT2D eigenvalue weighted by Gasteiger charge is -2.10. The summed E-state index contributed by atoms with van der Waals surface area (Å²) in [6.07, 6.45) is 4.35. The summed E-state index contributed by atoms with van der Waals surface area (Å²) in [5, 5.41) is 17.0. The smallest absolute Gasteiger partial charge is 0.304 e. The van der Waals surface area contributed by atoms with E-state index in [1.165, 1.54) is 6.08 Å². The second-order valence-electron chi connectivity index (χ2n) is 7.50. The quantitative estimate of drug-likeness (QED) is 0.260. The Kier molecular flexibility index (Phi) is 10.7. The van der Waals surface area contributed by atoms with Gasteiger partial charge in [-0.15, -0.1) is 0 Å². The Labute approximate surface area is 214 Å². The van der Waals surface area contributed by atoms with E-state index in [-0.39, 0.29) is 18.2 Å². The molecule has 0 saturated carbocycles. The van der Waals surface area contributed by atoms with Crippen molar-refractivity contribution < 1.29 is 14.3 Å². The number of carboxylic acids is 1. The minimum atomic E-state index is -0.791. The lowest BCUT2D eigenvalue weighted by atomic mass is 9.97. The molecule has 1 N–H and O–H groups in total. The van der Waals surface area contributed by atoms with E-state index in [9.17, 15) is 14.3 Å². The predicted molar refractivity (Wildman–Crippen MR) is 147 cm³/mol. The van der Waals surface area contributed by atoms with E-state index in [1.54, 1.807) is 35.2 Å². The Hall–Kier alpha value is -2.28. The number of rotatable bonds is 6. The average Bonchev–Trinajstić information content (AvgIpc) is 3.49. The molecule has 1 aromatic carbocycles. The Balaban J connectivity index is 0.000000520. The summed E-state index contributed by atoms with van der Waals surface area (Å²) in [7, 11) is 0. The van der Waals surface area contributed by atoms with E-state index in [0.717, 1.165) is 51.1 Å². The van der Waals surface area contributed by atoms with Crippen molar-refractivity contribution in [2.75, 3.05) is 0 Å². The number of hydrogen-bond donors (Lipinski definition) is 1. The normalized spacial score (nSPS) is 14.2. The molecule has 0 bridgehead atoms. The number of benzene rings is 1. The van der Waals surface area contributed by atoms with Crippen LogP contribution < -0.4 is 0 Å². The summed E-state index contributed by atoms with van der Waals surface area (Å²) in [5.74, 6) is -1.09. The maximum Gasteiger partial charge on any atom is 0.304 e. The second-order valence-corrected chi connectivity index (χ2v) is 9.65. The van der Waals surface area contributed by atoms with Gasteiger partial charge in [0.15, 0.2) is 0 Å². The average molecular weight is 520 g/mol. The maximum absolute atomic E-state index is 14.5. The van der Waals surface area contributed by atoms with Crippen LogP contribution in [0.2, 0.25) is 0 Å². The molecule has 0 radical (unpaired) electrons. The first-order valence-electron chi connectivity index (χ1n) is 11.1. The number of hydrogen-bond acceptors (Lipinski definition) is 3. The van der Waals surface area contributed by atoms with Crippen molar-refractivity contribution in [2.24, 2.45) is 0 Å². The second kappa shape index (κ2) is 13.0. The van der Waals surface area contributed by atoms with Crippen LogP contribution in [0.4, 0.5) is 4.39 Å². The highest BCUT2D eigenvalue weighted by Gasteiger charge is 2.32. The Morgan fingerprint density at radius 3 is 2.56 bits per heavy atom. The largest absolute Gasteiger partial charge is 0.481 e. The van der Waals surface area contributed by atoms with Crippen molar-refractivity contribution >= 4 is 51.6 Å². The van der Waals surface area contributed by atoms with Crippen molar-refractivity contribution in [3.05, 3.63) is 75.7 Å². The van der Waals surface area contributed by atoms with Crippen molar-refractivity contribution in [1.29, 1.82) is 0 Å². The van der Waals surface area contributed by atoms with Gasteiger partial charge in [-0.2, -0.15) is 11.3 Å². The van der Waals surface area contributed by atoms with Gasteiger partial charge in [-0.05, 0) is 65.3 Å². The van der Waals surface area contributed by atoms with E-state index in [2.05, 4.69) is 28.5 Å². The topological polar surface area (TPSA) is 42.2 Å². The van der Waals surface area contributed by atoms with Crippen LogP contribution in [0, 0.1) is 12.7 Å². The van der Waals surface area contributed by atoms with Crippen molar-refractivity contribution in [3.8, 4) is 11.1 Å². The molecule has 4 rings (SSSR count). The van der Waals surface area contributed by atoms with Gasteiger partial charge in [0.1, 0.15) is 5.82 Å². The standard InChI is InChI=1S/C21H20FNO2S2.C4H5Cl.C2H6/c1-3-6-27-21-19-15(16-11-26-10-12(16)2)8-14(22)9-17(19)23-5-4-13(20(21)23)7-18(24)25;1-3-4(2)5;1-2/h3,6,8-11,13H,4-5,7H2,1-2H3,(H,24,25);3H,1-2H2;1-2H3/b6-3+;;. The fourth-order valence-corrected chi connectivity index (χ4v) is 5.86. The number of thioether (sulfide) groups is 1. The summed E-state index contributed by atoms with van der Waals surface area (Å²) < 4.78 is 16.7. The van der Waals surface area contributed by atoms with Crippen LogP contribution in [0.15, 0.2) is 63.5 Å². The fourth-order valence-electron chi connectivity index (χ4n) is 4.01. The molecule has 3 heterocycles. The molecule has 0 spiro atoms. The minimum Gasteiger partial charge on any atom is -0.481 e.